The van der Waals surface area contributed by atoms with Crippen molar-refractivity contribution < 1.29 is 4.79 Å². The highest BCUT2D eigenvalue weighted by Crippen LogP contribution is 2.05. The molecule has 0 bridgehead atoms. The number of rotatable bonds is 8. The van der Waals surface area contributed by atoms with E-state index < -0.39 is 0 Å². The minimum Gasteiger partial charge on any atom is -0.369 e. The molecule has 0 radical (unpaired) electrons. The summed E-state index contributed by atoms with van der Waals surface area (Å²) in [6, 6.07) is 1.79. The molecule has 0 saturated heterocycles. The summed E-state index contributed by atoms with van der Waals surface area (Å²) in [5.74, 6) is 1.50. The molecule has 0 unspecified atom stereocenters. The van der Waals surface area contributed by atoms with Gasteiger partial charge in [0.05, 0.1) is 0 Å². The number of carbonyl (C=O) groups excluding carboxylic acids is 1. The molecule has 0 atom stereocenters. The first-order chi connectivity index (χ1) is 9.21. The molecule has 0 aliphatic rings. The van der Waals surface area contributed by atoms with E-state index in [4.69, 9.17) is 0 Å². The molecule has 2 N–H and O–H groups in total. The second-order valence-corrected chi connectivity index (χ2v) is 4.04. The van der Waals surface area contributed by atoms with Crippen molar-refractivity contribution >= 4 is 17.7 Å². The lowest BCUT2D eigenvalue weighted by Gasteiger charge is -2.18. The van der Waals surface area contributed by atoms with Crippen LogP contribution in [0.2, 0.25) is 0 Å². The van der Waals surface area contributed by atoms with Gasteiger partial charge in [-0.2, -0.15) is 4.98 Å². The van der Waals surface area contributed by atoms with E-state index in [2.05, 4.69) is 20.6 Å². The molecule has 0 saturated carbocycles. The topological polar surface area (TPSA) is 70.2 Å². The zero-order valence-electron chi connectivity index (χ0n) is 11.9. The van der Waals surface area contributed by atoms with E-state index in [-0.39, 0.29) is 5.91 Å². The summed E-state index contributed by atoms with van der Waals surface area (Å²) < 4.78 is 0. The molecule has 1 amide bonds. The standard InChI is InChI=1S/C13H23N5O/c1-4-14-13-16-9-7-11(17-13)15-10-8-12(19)18(5-2)6-3/h7,9H,4-6,8,10H2,1-3H3,(H2,14,15,16,17). The largest absolute Gasteiger partial charge is 0.369 e. The average Bonchev–Trinajstić information content (AvgIpc) is 2.41. The number of amides is 1. The fraction of sp³-hybridized carbons (Fsp3) is 0.615. The van der Waals surface area contributed by atoms with E-state index in [1.165, 1.54) is 0 Å². The van der Waals surface area contributed by atoms with Crippen LogP contribution in [0.25, 0.3) is 0 Å². The van der Waals surface area contributed by atoms with Crippen LogP contribution in [-0.2, 0) is 4.79 Å². The first kappa shape index (κ1) is 15.2. The van der Waals surface area contributed by atoms with Crippen molar-refractivity contribution in [1.29, 1.82) is 0 Å². The minimum absolute atomic E-state index is 0.165. The van der Waals surface area contributed by atoms with Crippen molar-refractivity contribution in [2.24, 2.45) is 0 Å². The molecule has 0 aliphatic heterocycles. The highest BCUT2D eigenvalue weighted by Gasteiger charge is 2.08. The van der Waals surface area contributed by atoms with Crippen LogP contribution in [0.5, 0.6) is 0 Å². The van der Waals surface area contributed by atoms with Gasteiger partial charge in [-0.3, -0.25) is 4.79 Å². The van der Waals surface area contributed by atoms with E-state index in [0.717, 1.165) is 25.5 Å². The van der Waals surface area contributed by atoms with Crippen LogP contribution in [-0.4, -0.2) is 47.0 Å². The van der Waals surface area contributed by atoms with E-state index in [9.17, 15) is 4.79 Å². The lowest BCUT2D eigenvalue weighted by atomic mass is 10.3. The van der Waals surface area contributed by atoms with Gasteiger partial charge in [-0.15, -0.1) is 0 Å². The summed E-state index contributed by atoms with van der Waals surface area (Å²) in [6.07, 6.45) is 2.17. The maximum Gasteiger partial charge on any atom is 0.224 e. The van der Waals surface area contributed by atoms with Crippen molar-refractivity contribution in [1.82, 2.24) is 14.9 Å². The molecule has 1 aromatic heterocycles. The number of aromatic nitrogens is 2. The fourth-order valence-corrected chi connectivity index (χ4v) is 1.73. The van der Waals surface area contributed by atoms with Crippen molar-refractivity contribution in [2.45, 2.75) is 27.2 Å². The Kier molecular flexibility index (Phi) is 6.63. The summed E-state index contributed by atoms with van der Waals surface area (Å²) in [5.41, 5.74) is 0. The Hall–Kier alpha value is -1.85. The number of hydrogen-bond acceptors (Lipinski definition) is 5. The predicted molar refractivity (Wildman–Crippen MR) is 77.2 cm³/mol. The molecule has 0 aromatic carbocycles. The van der Waals surface area contributed by atoms with E-state index in [1.54, 1.807) is 12.3 Å². The van der Waals surface area contributed by atoms with Gasteiger partial charge in [0.1, 0.15) is 5.82 Å². The van der Waals surface area contributed by atoms with Gasteiger partial charge < -0.3 is 15.5 Å². The second kappa shape index (κ2) is 8.29. The van der Waals surface area contributed by atoms with E-state index >= 15 is 0 Å². The molecule has 0 aliphatic carbocycles. The Morgan fingerprint density at radius 3 is 2.63 bits per heavy atom. The predicted octanol–water partition coefficient (Wildman–Crippen LogP) is 1.58. The third-order valence-corrected chi connectivity index (χ3v) is 2.75. The van der Waals surface area contributed by atoms with Crippen LogP contribution in [0.1, 0.15) is 27.2 Å². The quantitative estimate of drug-likeness (QED) is 0.747. The molecule has 19 heavy (non-hydrogen) atoms. The molecule has 0 spiro atoms. The van der Waals surface area contributed by atoms with E-state index in [0.29, 0.717) is 18.9 Å². The summed E-state index contributed by atoms with van der Waals surface area (Å²) in [7, 11) is 0. The minimum atomic E-state index is 0.165. The van der Waals surface area contributed by atoms with Crippen LogP contribution in [0.4, 0.5) is 11.8 Å². The fourth-order valence-electron chi connectivity index (χ4n) is 1.73. The molecule has 1 rings (SSSR count). The average molecular weight is 265 g/mol. The highest BCUT2D eigenvalue weighted by molar-refractivity contribution is 5.76. The Bertz CT molecular complexity index is 392. The maximum absolute atomic E-state index is 11.8. The highest BCUT2D eigenvalue weighted by atomic mass is 16.2. The summed E-state index contributed by atoms with van der Waals surface area (Å²) in [5, 5.41) is 6.19. The van der Waals surface area contributed by atoms with Crippen molar-refractivity contribution in [3.05, 3.63) is 12.3 Å². The molecule has 1 heterocycles. The second-order valence-electron chi connectivity index (χ2n) is 4.04. The lowest BCUT2D eigenvalue weighted by molar-refractivity contribution is -0.130. The molecule has 6 nitrogen and oxygen atoms in total. The van der Waals surface area contributed by atoms with E-state index in [1.807, 2.05) is 25.7 Å². The summed E-state index contributed by atoms with van der Waals surface area (Å²) >= 11 is 0. The first-order valence-corrected chi connectivity index (χ1v) is 6.79. The van der Waals surface area contributed by atoms with Crippen LogP contribution >= 0.6 is 0 Å². The number of carbonyl (C=O) groups is 1. The van der Waals surface area contributed by atoms with Gasteiger partial charge >= 0.3 is 0 Å². The number of hydrogen-bond donors (Lipinski definition) is 2. The normalized spacial score (nSPS) is 10.1. The van der Waals surface area contributed by atoms with Crippen LogP contribution < -0.4 is 10.6 Å². The smallest absolute Gasteiger partial charge is 0.224 e. The van der Waals surface area contributed by atoms with Gasteiger partial charge in [0.2, 0.25) is 11.9 Å². The Labute approximate surface area is 114 Å². The van der Waals surface area contributed by atoms with Crippen molar-refractivity contribution in [3.63, 3.8) is 0 Å². The van der Waals surface area contributed by atoms with Gasteiger partial charge in [0.25, 0.3) is 0 Å². The van der Waals surface area contributed by atoms with Gasteiger partial charge in [-0.25, -0.2) is 4.98 Å². The molecular formula is C13H23N5O. The maximum atomic E-state index is 11.8. The Morgan fingerprint density at radius 2 is 2.00 bits per heavy atom. The van der Waals surface area contributed by atoms with Gasteiger partial charge in [-0.05, 0) is 26.8 Å². The lowest BCUT2D eigenvalue weighted by Crippen LogP contribution is -2.31. The van der Waals surface area contributed by atoms with Gasteiger partial charge in [-0.1, -0.05) is 0 Å². The molecule has 6 heteroatoms. The SMILES string of the molecule is CCNc1nccc(NCCC(=O)N(CC)CC)n1. The molecule has 1 aromatic rings. The Morgan fingerprint density at radius 1 is 1.26 bits per heavy atom. The van der Waals surface area contributed by atoms with Crippen LogP contribution in [0.3, 0.4) is 0 Å². The van der Waals surface area contributed by atoms with Gasteiger partial charge in [0, 0.05) is 38.8 Å². The van der Waals surface area contributed by atoms with Crippen molar-refractivity contribution in [2.75, 3.05) is 36.8 Å². The van der Waals surface area contributed by atoms with Crippen LogP contribution in [0, 0.1) is 0 Å². The first-order valence-electron chi connectivity index (χ1n) is 6.79. The third-order valence-electron chi connectivity index (χ3n) is 2.75. The van der Waals surface area contributed by atoms with Crippen LogP contribution in [0.15, 0.2) is 12.3 Å². The zero-order valence-corrected chi connectivity index (χ0v) is 11.9. The van der Waals surface area contributed by atoms with Gasteiger partial charge in [0.15, 0.2) is 0 Å². The summed E-state index contributed by atoms with van der Waals surface area (Å²) in [6.45, 7) is 8.85. The number of nitrogens with one attached hydrogen (secondary N) is 2. The zero-order chi connectivity index (χ0) is 14.1. The number of anilines is 2. The Balaban J connectivity index is 2.40. The molecule has 106 valence electrons. The monoisotopic (exact) mass is 265 g/mol. The molecule has 0 fully saturated rings. The summed E-state index contributed by atoms with van der Waals surface area (Å²) in [4.78, 5) is 22.0. The van der Waals surface area contributed by atoms with Crippen molar-refractivity contribution in [3.8, 4) is 0 Å². The number of nitrogens with zero attached hydrogens (tertiary/aromatic N) is 3. The molecular weight excluding hydrogens is 242 g/mol. The third kappa shape index (κ3) is 5.11.